The molecule has 0 aliphatic heterocycles. The average molecular weight is 1100 g/mol. The van der Waals surface area contributed by atoms with E-state index in [9.17, 15) is 0 Å². The molecule has 16 aromatic rings. The van der Waals surface area contributed by atoms with Gasteiger partial charge in [-0.05, 0) is 145 Å². The van der Waals surface area contributed by atoms with Gasteiger partial charge in [-0.15, -0.1) is 21.9 Å². The van der Waals surface area contributed by atoms with Crippen molar-refractivity contribution < 1.29 is 8.83 Å². The second-order valence-electron chi connectivity index (χ2n) is 23.2. The maximum atomic E-state index is 7.28. The third-order valence-corrected chi connectivity index (χ3v) is 18.4. The van der Waals surface area contributed by atoms with Crippen molar-refractivity contribution in [3.63, 3.8) is 0 Å². The van der Waals surface area contributed by atoms with E-state index in [2.05, 4.69) is 133 Å². The Morgan fingerprint density at radius 3 is 0.778 bits per heavy atom. The number of benzene rings is 14. The Labute approximate surface area is 538 Å². The summed E-state index contributed by atoms with van der Waals surface area (Å²) in [4.78, 5) is 0. The zero-order chi connectivity index (χ0) is 62.0. The second kappa shape index (κ2) is 20.7. The lowest BCUT2D eigenvalue weighted by Crippen LogP contribution is -2.47. The molecule has 28 radical (unpaired) electrons. The second-order valence-corrected chi connectivity index (χ2v) is 23.2. The van der Waals surface area contributed by atoms with Crippen molar-refractivity contribution in [2.24, 2.45) is 0 Å². The van der Waals surface area contributed by atoms with Gasteiger partial charge >= 0.3 is 0 Å². The number of hydrogen-bond acceptors (Lipinski definition) is 2. The third-order valence-electron chi connectivity index (χ3n) is 18.4. The summed E-state index contributed by atoms with van der Waals surface area (Å²) in [5, 5.41) is 11.5. The van der Waals surface area contributed by atoms with Gasteiger partial charge in [0.15, 0.2) is 0 Å². The molecule has 0 atom stereocenters. The van der Waals surface area contributed by atoms with Gasteiger partial charge in [0.05, 0.1) is 0 Å². The fraction of sp³-hybridized carbons (Fsp3) is 0. The van der Waals surface area contributed by atoms with Gasteiger partial charge in [0.1, 0.15) is 132 Å². The topological polar surface area (TPSA) is 26.3 Å². The summed E-state index contributed by atoms with van der Waals surface area (Å²) < 4.78 is 12.5. The van der Waals surface area contributed by atoms with Crippen LogP contribution in [0.3, 0.4) is 0 Å². The Balaban J connectivity index is 0.805. The molecule has 16 rings (SSSR count). The van der Waals surface area contributed by atoms with Crippen LogP contribution in [-0.4, -0.2) is 110 Å². The van der Waals surface area contributed by atoms with Crippen molar-refractivity contribution in [1.29, 1.82) is 0 Å². The predicted molar refractivity (Wildman–Crippen MR) is 397 cm³/mol. The highest BCUT2D eigenvalue weighted by molar-refractivity contribution is 6.71. The van der Waals surface area contributed by atoms with Crippen molar-refractivity contribution >= 4 is 284 Å². The Bertz CT molecular complexity index is 5450. The molecule has 0 unspecified atom stereocenters. The zero-order valence-corrected chi connectivity index (χ0v) is 48.2. The first-order valence-corrected chi connectivity index (χ1v) is 29.0. The fourth-order valence-electron chi connectivity index (χ4n) is 14.1. The number of fused-ring (bicyclic) bond motifs is 11. The molecule has 0 N–H and O–H groups in total. The summed E-state index contributed by atoms with van der Waals surface area (Å²) in [5.41, 5.74) is 14.6. The van der Waals surface area contributed by atoms with Gasteiger partial charge in [-0.3, -0.25) is 0 Å². The van der Waals surface area contributed by atoms with Crippen LogP contribution in [0.15, 0.2) is 191 Å². The molecule has 0 aliphatic rings. The van der Waals surface area contributed by atoms with E-state index in [0.717, 1.165) is 109 Å². The molecule has 2 aromatic heterocycles. The van der Waals surface area contributed by atoms with Crippen molar-refractivity contribution in [1.82, 2.24) is 0 Å². The molecule has 0 spiro atoms. The Kier molecular flexibility index (Phi) is 12.9. The SMILES string of the molecule is [B]c1c([B])c([B])c2c(oc3c([B])c([B])c(-c4c5ccccc5c(-c5cccc(-c6ccc7ccc(-c8cccc(-c9c%10ccccc%10c(-c%10c([B])c([B])c%11oc%12c([B])c([B])c([B])c([B])c%12c%11c%10[B])c%10ccccc9%10)c8)cc7c6)c5)c5ccccc45)c([B])c32)c1[B]. The van der Waals surface area contributed by atoms with E-state index in [1.54, 1.807) is 0 Å². The standard InChI is InChI=1S/C74H30B14O2/c75-57-51(59(77)67(85)71-53(57)55-61(79)63(81)65(83)69(87)73(55)89-71)49-43-19-5-1-15-39(43)47(40-16-2-6-20-44(40)49)36-13-9-11-32(27-36)34-25-23-31-24-26-35(30-38(31)29-34)33-12-10-14-37(28-33)48-41-17-3-7-21-45(41)50(46-22-8-4-18-42(46)48)52-58(76)54-56-62(80)64(82)66(84)70(88)74(56)90-72(54)68(86)60(52)78/h1-30H. The summed E-state index contributed by atoms with van der Waals surface area (Å²) in [5.74, 6) is 0. The van der Waals surface area contributed by atoms with E-state index in [1.165, 1.54) is 0 Å². The summed E-state index contributed by atoms with van der Waals surface area (Å²) in [6.45, 7) is 0. The lowest BCUT2D eigenvalue weighted by Gasteiger charge is -2.22. The van der Waals surface area contributed by atoms with Gasteiger partial charge in [-0.1, -0.05) is 212 Å². The summed E-state index contributed by atoms with van der Waals surface area (Å²) >= 11 is 0. The van der Waals surface area contributed by atoms with E-state index >= 15 is 0 Å². The molecule has 16 heteroatoms. The molecular weight excluding hydrogens is 1070 g/mol. The minimum atomic E-state index is 0.111. The molecular formula is C74H30B14O2. The van der Waals surface area contributed by atoms with E-state index in [-0.39, 0.29) is 87.9 Å². The molecule has 90 heavy (non-hydrogen) atoms. The zero-order valence-electron chi connectivity index (χ0n) is 48.2. The quantitative estimate of drug-likeness (QED) is 0.183. The van der Waals surface area contributed by atoms with Crippen molar-refractivity contribution in [2.45, 2.75) is 0 Å². The van der Waals surface area contributed by atoms with Crippen molar-refractivity contribution in [3.05, 3.63) is 182 Å². The Hall–Kier alpha value is -9.11. The van der Waals surface area contributed by atoms with Gasteiger partial charge in [-0.2, -0.15) is 0 Å². The minimum absolute atomic E-state index is 0.111. The maximum absolute atomic E-state index is 7.28. The predicted octanol–water partition coefficient (Wildman–Crippen LogP) is 4.37. The third kappa shape index (κ3) is 7.98. The minimum Gasteiger partial charge on any atom is -0.457 e. The molecule has 0 fully saturated rings. The highest BCUT2D eigenvalue weighted by Crippen LogP contribution is 2.47. The number of hydrogen-bond donors (Lipinski definition) is 0. The van der Waals surface area contributed by atoms with E-state index in [4.69, 9.17) is 119 Å². The molecule has 0 aliphatic carbocycles. The Morgan fingerprint density at radius 2 is 0.444 bits per heavy atom. The molecule has 0 saturated heterocycles. The van der Waals surface area contributed by atoms with Gasteiger partial charge in [0.25, 0.3) is 0 Å². The Morgan fingerprint density at radius 1 is 0.178 bits per heavy atom. The first-order chi connectivity index (χ1) is 43.5. The van der Waals surface area contributed by atoms with Crippen LogP contribution in [0.1, 0.15) is 0 Å². The molecule has 380 valence electrons. The molecule has 2 nitrogen and oxygen atoms in total. The fourth-order valence-corrected chi connectivity index (χ4v) is 14.1. The van der Waals surface area contributed by atoms with Crippen LogP contribution in [0.25, 0.3) is 165 Å². The van der Waals surface area contributed by atoms with Gasteiger partial charge in [-0.25, -0.2) is 0 Å². The van der Waals surface area contributed by atoms with Crippen molar-refractivity contribution in [3.8, 4) is 66.8 Å². The lowest BCUT2D eigenvalue weighted by molar-refractivity contribution is 0.674. The average Bonchev–Trinajstić information content (AvgIpc) is 1.37. The molecule has 14 aromatic carbocycles. The molecule has 0 amide bonds. The largest absolute Gasteiger partial charge is 0.457 e. The lowest BCUT2D eigenvalue weighted by atomic mass is 9.64. The van der Waals surface area contributed by atoms with Gasteiger partial charge in [0.2, 0.25) is 0 Å². The molecule has 2 heterocycles. The monoisotopic (exact) mass is 1100 g/mol. The summed E-state index contributed by atoms with van der Waals surface area (Å²) in [6.07, 6.45) is 0. The van der Waals surface area contributed by atoms with Gasteiger partial charge < -0.3 is 8.83 Å². The van der Waals surface area contributed by atoms with Crippen LogP contribution >= 0.6 is 0 Å². The van der Waals surface area contributed by atoms with E-state index in [0.29, 0.717) is 43.6 Å². The number of furan rings is 2. The highest BCUT2D eigenvalue weighted by Gasteiger charge is 2.28. The van der Waals surface area contributed by atoms with Crippen LogP contribution in [-0.2, 0) is 0 Å². The number of rotatable bonds is 6. The van der Waals surface area contributed by atoms with E-state index < -0.39 is 0 Å². The van der Waals surface area contributed by atoms with Crippen LogP contribution in [0.5, 0.6) is 0 Å². The molecule has 0 bridgehead atoms. The first kappa shape index (κ1) is 56.1. The maximum Gasteiger partial charge on any atom is 0.127 e. The highest BCUT2D eigenvalue weighted by atomic mass is 16.3. The van der Waals surface area contributed by atoms with Crippen LogP contribution in [0, 0.1) is 0 Å². The summed E-state index contributed by atoms with van der Waals surface area (Å²) in [7, 11) is 94.1. The smallest absolute Gasteiger partial charge is 0.127 e. The first-order valence-electron chi connectivity index (χ1n) is 29.0. The summed E-state index contributed by atoms with van der Waals surface area (Å²) in [6, 6.07) is 63.6. The molecule has 0 saturated carbocycles. The van der Waals surface area contributed by atoms with E-state index in [1.807, 2.05) is 48.5 Å². The van der Waals surface area contributed by atoms with Gasteiger partial charge in [0, 0.05) is 21.5 Å². The normalized spacial score (nSPS) is 12.0. The van der Waals surface area contributed by atoms with Crippen LogP contribution in [0.2, 0.25) is 0 Å². The van der Waals surface area contributed by atoms with Crippen LogP contribution in [0.4, 0.5) is 0 Å². The van der Waals surface area contributed by atoms with Crippen molar-refractivity contribution in [2.75, 3.05) is 0 Å². The van der Waals surface area contributed by atoms with Crippen LogP contribution < -0.4 is 76.5 Å².